The van der Waals surface area contributed by atoms with Crippen LogP contribution in [-0.4, -0.2) is 0 Å². The number of hydrogen-bond acceptors (Lipinski definition) is 2. The van der Waals surface area contributed by atoms with Crippen LogP contribution in [0.15, 0.2) is 152 Å². The van der Waals surface area contributed by atoms with E-state index in [1.54, 1.807) is 0 Å². The number of benzene rings is 5. The van der Waals surface area contributed by atoms with Gasteiger partial charge in [0.25, 0.3) is 0 Å². The molecular formula is C46H43NS. The fraction of sp³-hybridized carbons (Fsp3) is 0.130. The number of rotatable bonds is 10. The van der Waals surface area contributed by atoms with Crippen LogP contribution in [0.4, 0.5) is 5.69 Å². The number of thiophene rings is 1. The van der Waals surface area contributed by atoms with Crippen LogP contribution >= 0.6 is 11.3 Å². The summed E-state index contributed by atoms with van der Waals surface area (Å²) in [5.41, 5.74) is 9.82. The minimum atomic E-state index is 0.241. The molecule has 0 saturated carbocycles. The standard InChI is InChI=1S/C46H43NS/c1-6-19-41-34(5)48-46-43(41)27-17-28-44(46)42-30-29-39(32-45(42)38-23-13-10-14-24-38)47(33(4)40-26-16-15-20-36(40)8-3)31-18-25-35(7-2)37-21-11-9-12-22-37/h6-24,26-32,35H,2,25H2,1,3-5H3/b19-6-,31-18+,36-8-,40-33+. The van der Waals surface area contributed by atoms with Crippen LogP contribution in [-0.2, 0) is 0 Å². The highest BCUT2D eigenvalue weighted by molar-refractivity contribution is 7.20. The molecule has 6 aromatic rings. The molecule has 1 heterocycles. The van der Waals surface area contributed by atoms with Gasteiger partial charge < -0.3 is 4.90 Å². The third-order valence-corrected chi connectivity index (χ3v) is 10.3. The van der Waals surface area contributed by atoms with Gasteiger partial charge in [0.05, 0.1) is 0 Å². The highest BCUT2D eigenvalue weighted by atomic mass is 32.1. The van der Waals surface area contributed by atoms with Crippen LogP contribution in [0, 0.1) is 6.92 Å². The Morgan fingerprint density at radius 3 is 2.25 bits per heavy atom. The maximum atomic E-state index is 4.16. The second-order valence-corrected chi connectivity index (χ2v) is 13.3. The summed E-state index contributed by atoms with van der Waals surface area (Å²) >= 11 is 1.89. The molecule has 1 atom stereocenters. The molecule has 0 aliphatic heterocycles. The van der Waals surface area contributed by atoms with E-state index in [0.717, 1.165) is 12.1 Å². The first-order valence-corrected chi connectivity index (χ1v) is 17.6. The lowest BCUT2D eigenvalue weighted by molar-refractivity contribution is 0.863. The Labute approximate surface area is 289 Å². The molecule has 1 unspecified atom stereocenters. The molecule has 2 heteroatoms. The zero-order valence-electron chi connectivity index (χ0n) is 28.4. The van der Waals surface area contributed by atoms with Crippen molar-refractivity contribution in [1.82, 2.24) is 0 Å². The van der Waals surface area contributed by atoms with Gasteiger partial charge in [-0.25, -0.2) is 0 Å². The van der Waals surface area contributed by atoms with E-state index < -0.39 is 0 Å². The van der Waals surface area contributed by atoms with E-state index in [1.807, 2.05) is 11.3 Å². The van der Waals surface area contributed by atoms with Gasteiger partial charge in [-0.1, -0.05) is 140 Å². The van der Waals surface area contributed by atoms with Gasteiger partial charge in [0, 0.05) is 49.2 Å². The molecule has 238 valence electrons. The van der Waals surface area contributed by atoms with Crippen molar-refractivity contribution in [2.45, 2.75) is 40.0 Å². The number of hydrogen-bond donors (Lipinski definition) is 0. The quantitative estimate of drug-likeness (QED) is 0.135. The third-order valence-electron chi connectivity index (χ3n) is 9.11. The Bertz CT molecular complexity index is 2220. The van der Waals surface area contributed by atoms with Crippen LogP contribution in [0.5, 0.6) is 0 Å². The summed E-state index contributed by atoms with van der Waals surface area (Å²) in [6, 6.07) is 43.8. The minimum Gasteiger partial charge on any atom is -0.321 e. The van der Waals surface area contributed by atoms with Crippen LogP contribution in [0.3, 0.4) is 0 Å². The predicted octanol–water partition coefficient (Wildman–Crippen LogP) is 11.9. The summed E-state index contributed by atoms with van der Waals surface area (Å²) in [6.07, 6.45) is 14.0. The average molecular weight is 642 g/mol. The maximum absolute atomic E-state index is 4.16. The lowest BCUT2D eigenvalue weighted by Crippen LogP contribution is -2.31. The minimum absolute atomic E-state index is 0.241. The number of anilines is 1. The highest BCUT2D eigenvalue weighted by Gasteiger charge is 2.17. The molecular weight excluding hydrogens is 599 g/mol. The Morgan fingerprint density at radius 2 is 1.52 bits per heavy atom. The van der Waals surface area contributed by atoms with Crippen molar-refractivity contribution < 1.29 is 0 Å². The Hall–Kier alpha value is -5.18. The topological polar surface area (TPSA) is 3.24 Å². The van der Waals surface area contributed by atoms with Crippen LogP contribution in [0.25, 0.3) is 50.2 Å². The SMILES string of the molecule is C=CC(C/C=C/N(/C(C)=c1\cccc\c1=C\C)c1ccc(-c2cccc3c(/C=C\C)c(C)sc23)c(-c2ccccc2)c1)c1ccccc1. The predicted molar refractivity (Wildman–Crippen MR) is 213 cm³/mol. The van der Waals surface area contributed by atoms with E-state index in [9.17, 15) is 0 Å². The molecule has 0 radical (unpaired) electrons. The molecule has 6 rings (SSSR count). The van der Waals surface area contributed by atoms with Crippen molar-refractivity contribution in [2.75, 3.05) is 4.90 Å². The van der Waals surface area contributed by atoms with Gasteiger partial charge >= 0.3 is 0 Å². The second kappa shape index (κ2) is 15.2. The van der Waals surface area contributed by atoms with Gasteiger partial charge in [-0.15, -0.1) is 17.9 Å². The first-order valence-electron chi connectivity index (χ1n) is 16.7. The van der Waals surface area contributed by atoms with Crippen LogP contribution in [0.1, 0.15) is 49.1 Å². The fourth-order valence-electron chi connectivity index (χ4n) is 6.60. The molecule has 1 aromatic heterocycles. The summed E-state index contributed by atoms with van der Waals surface area (Å²) in [6.45, 7) is 12.8. The van der Waals surface area contributed by atoms with Gasteiger partial charge in [0.1, 0.15) is 0 Å². The lowest BCUT2D eigenvalue weighted by Gasteiger charge is -2.24. The summed E-state index contributed by atoms with van der Waals surface area (Å²) in [7, 11) is 0. The van der Waals surface area contributed by atoms with Crippen LogP contribution in [0.2, 0.25) is 0 Å². The van der Waals surface area contributed by atoms with E-state index in [2.05, 4.69) is 197 Å². The van der Waals surface area contributed by atoms with Crippen molar-refractivity contribution in [3.63, 3.8) is 0 Å². The zero-order valence-corrected chi connectivity index (χ0v) is 29.2. The fourth-order valence-corrected chi connectivity index (χ4v) is 7.77. The van der Waals surface area contributed by atoms with Gasteiger partial charge in [-0.05, 0) is 79.3 Å². The van der Waals surface area contributed by atoms with Gasteiger partial charge in [0.2, 0.25) is 0 Å². The number of fused-ring (bicyclic) bond motifs is 1. The third kappa shape index (κ3) is 6.76. The molecule has 0 aliphatic carbocycles. The molecule has 5 aromatic carbocycles. The first-order chi connectivity index (χ1) is 23.5. The smallest absolute Gasteiger partial charge is 0.0458 e. The van der Waals surface area contributed by atoms with E-state index in [4.69, 9.17) is 0 Å². The molecule has 0 N–H and O–H groups in total. The number of allylic oxidation sites excluding steroid dienone is 3. The zero-order chi connectivity index (χ0) is 33.5. The largest absolute Gasteiger partial charge is 0.321 e. The van der Waals surface area contributed by atoms with Gasteiger partial charge in [0.15, 0.2) is 0 Å². The molecule has 0 saturated heterocycles. The molecule has 0 aliphatic rings. The molecule has 0 spiro atoms. The average Bonchev–Trinajstić information content (AvgIpc) is 3.46. The Balaban J connectivity index is 1.54. The molecule has 0 fully saturated rings. The number of nitrogens with zero attached hydrogens (tertiary/aromatic N) is 1. The monoisotopic (exact) mass is 641 g/mol. The highest BCUT2D eigenvalue weighted by Crippen LogP contribution is 2.43. The van der Waals surface area contributed by atoms with E-state index in [-0.39, 0.29) is 5.92 Å². The summed E-state index contributed by atoms with van der Waals surface area (Å²) < 4.78 is 1.33. The van der Waals surface area contributed by atoms with Crippen molar-refractivity contribution in [3.05, 3.63) is 179 Å². The Morgan fingerprint density at radius 1 is 0.792 bits per heavy atom. The summed E-state index contributed by atoms with van der Waals surface area (Å²) in [4.78, 5) is 3.69. The van der Waals surface area contributed by atoms with Crippen molar-refractivity contribution in [1.29, 1.82) is 0 Å². The van der Waals surface area contributed by atoms with Gasteiger partial charge in [-0.3, -0.25) is 0 Å². The summed E-state index contributed by atoms with van der Waals surface area (Å²) in [5.74, 6) is 0.241. The molecule has 0 amide bonds. The Kier molecular flexibility index (Phi) is 10.3. The van der Waals surface area contributed by atoms with E-state index in [0.29, 0.717) is 0 Å². The van der Waals surface area contributed by atoms with E-state index in [1.165, 1.54) is 64.5 Å². The van der Waals surface area contributed by atoms with Crippen molar-refractivity contribution in [3.8, 4) is 22.3 Å². The first kappa shape index (κ1) is 32.7. The molecule has 0 bridgehead atoms. The summed E-state index contributed by atoms with van der Waals surface area (Å²) in [5, 5.41) is 3.75. The number of aryl methyl sites for hydroxylation is 1. The molecule has 48 heavy (non-hydrogen) atoms. The maximum Gasteiger partial charge on any atom is 0.0458 e. The van der Waals surface area contributed by atoms with Crippen molar-refractivity contribution in [2.24, 2.45) is 0 Å². The second-order valence-electron chi connectivity index (χ2n) is 12.1. The van der Waals surface area contributed by atoms with Crippen molar-refractivity contribution >= 4 is 45.0 Å². The van der Waals surface area contributed by atoms with Crippen LogP contribution < -0.4 is 15.3 Å². The van der Waals surface area contributed by atoms with E-state index >= 15 is 0 Å². The van der Waals surface area contributed by atoms with Gasteiger partial charge in [-0.2, -0.15) is 0 Å². The normalized spacial score (nSPS) is 13.4. The lowest BCUT2D eigenvalue weighted by atomic mass is 9.92. The molecule has 1 nitrogen and oxygen atoms in total.